The number of hydrogen-bond donors (Lipinski definition) is 3. The highest BCUT2D eigenvalue weighted by Gasteiger charge is 2.17. The first-order valence-corrected chi connectivity index (χ1v) is 12.1. The number of amides is 2. The highest BCUT2D eigenvalue weighted by Crippen LogP contribution is 2.20. The molecule has 0 saturated carbocycles. The maximum atomic E-state index is 12.4. The van der Waals surface area contributed by atoms with Gasteiger partial charge in [0.25, 0.3) is 5.91 Å². The summed E-state index contributed by atoms with van der Waals surface area (Å²) in [4.78, 5) is 24.5. The van der Waals surface area contributed by atoms with Crippen molar-refractivity contribution in [1.82, 2.24) is 10.0 Å². The third-order valence-corrected chi connectivity index (χ3v) is 6.72. The number of hydrogen-bond acceptors (Lipinski definition) is 4. The smallest absolute Gasteiger partial charge is 0.255 e. The number of aryl methyl sites for hydroxylation is 1. The van der Waals surface area contributed by atoms with E-state index in [-0.39, 0.29) is 41.2 Å². The molecule has 3 rings (SSSR count). The lowest BCUT2D eigenvalue weighted by Gasteiger charge is -2.10. The van der Waals surface area contributed by atoms with Gasteiger partial charge >= 0.3 is 0 Å². The molecule has 0 bridgehead atoms. The number of carbonyl (C=O) groups is 2. The molecule has 3 aromatic rings. The Morgan fingerprint density at radius 2 is 1.67 bits per heavy atom. The summed E-state index contributed by atoms with van der Waals surface area (Å²) < 4.78 is 27.0. The highest BCUT2D eigenvalue weighted by molar-refractivity contribution is 7.89. The predicted molar refractivity (Wildman–Crippen MR) is 129 cm³/mol. The van der Waals surface area contributed by atoms with Crippen LogP contribution in [0.3, 0.4) is 0 Å². The van der Waals surface area contributed by atoms with E-state index >= 15 is 0 Å². The molecule has 0 atom stereocenters. The topological polar surface area (TPSA) is 104 Å². The molecule has 9 heteroatoms. The van der Waals surface area contributed by atoms with Crippen molar-refractivity contribution in [1.29, 1.82) is 0 Å². The van der Waals surface area contributed by atoms with E-state index in [9.17, 15) is 18.0 Å². The van der Waals surface area contributed by atoms with E-state index in [1.807, 2.05) is 25.1 Å². The third-order valence-electron chi connectivity index (χ3n) is 4.76. The Balaban J connectivity index is 1.48. The summed E-state index contributed by atoms with van der Waals surface area (Å²) in [5.74, 6) is -0.534. The van der Waals surface area contributed by atoms with Crippen LogP contribution in [-0.2, 0) is 21.4 Å². The van der Waals surface area contributed by atoms with E-state index in [1.54, 1.807) is 42.5 Å². The second-order valence-electron chi connectivity index (χ2n) is 7.38. The molecule has 0 aliphatic carbocycles. The molecule has 7 nitrogen and oxygen atoms in total. The van der Waals surface area contributed by atoms with Gasteiger partial charge in [-0.15, -0.1) is 0 Å². The molecule has 0 saturated heterocycles. The fourth-order valence-electron chi connectivity index (χ4n) is 3.00. The second kappa shape index (κ2) is 11.1. The Kier molecular flexibility index (Phi) is 8.21. The number of anilines is 1. The quantitative estimate of drug-likeness (QED) is 0.427. The van der Waals surface area contributed by atoms with Gasteiger partial charge in [-0.1, -0.05) is 53.6 Å². The molecule has 0 aliphatic heterocycles. The van der Waals surface area contributed by atoms with E-state index < -0.39 is 10.0 Å². The molecule has 0 fully saturated rings. The number of nitrogens with one attached hydrogen (secondary N) is 3. The van der Waals surface area contributed by atoms with Gasteiger partial charge in [-0.2, -0.15) is 0 Å². The summed E-state index contributed by atoms with van der Waals surface area (Å²) in [5, 5.41) is 5.69. The molecule has 0 heterocycles. The molecule has 0 aliphatic rings. The molecule has 2 amide bonds. The summed E-state index contributed by atoms with van der Waals surface area (Å²) in [6, 6.07) is 20.5. The van der Waals surface area contributed by atoms with Crippen molar-refractivity contribution in [3.63, 3.8) is 0 Å². The first-order chi connectivity index (χ1) is 15.7. The first kappa shape index (κ1) is 24.4. The van der Waals surface area contributed by atoms with Crippen molar-refractivity contribution in [2.24, 2.45) is 0 Å². The minimum absolute atomic E-state index is 0.0309. The number of benzene rings is 3. The summed E-state index contributed by atoms with van der Waals surface area (Å²) >= 11 is 5.93. The first-order valence-electron chi connectivity index (χ1n) is 10.2. The normalized spacial score (nSPS) is 11.1. The zero-order valence-corrected chi connectivity index (χ0v) is 19.5. The Bertz CT molecular complexity index is 1240. The van der Waals surface area contributed by atoms with Gasteiger partial charge in [-0.3, -0.25) is 9.59 Å². The van der Waals surface area contributed by atoms with Crippen LogP contribution in [0.25, 0.3) is 0 Å². The molecular formula is C24H24ClN3O4S. The van der Waals surface area contributed by atoms with Gasteiger partial charge in [0.15, 0.2) is 0 Å². The van der Waals surface area contributed by atoms with Crippen LogP contribution in [0.4, 0.5) is 5.69 Å². The molecule has 3 N–H and O–H groups in total. The van der Waals surface area contributed by atoms with Gasteiger partial charge in [0, 0.05) is 30.8 Å². The lowest BCUT2D eigenvalue weighted by atomic mass is 10.1. The Labute approximate surface area is 198 Å². The molecule has 3 aromatic carbocycles. The van der Waals surface area contributed by atoms with Gasteiger partial charge in [0.05, 0.1) is 5.02 Å². The fraction of sp³-hybridized carbons (Fsp3) is 0.167. The molecule has 33 heavy (non-hydrogen) atoms. The maximum absolute atomic E-state index is 12.4. The van der Waals surface area contributed by atoms with Crippen LogP contribution in [0, 0.1) is 6.92 Å². The zero-order valence-electron chi connectivity index (χ0n) is 18.0. The summed E-state index contributed by atoms with van der Waals surface area (Å²) in [5.41, 5.74) is 3.03. The second-order valence-corrected chi connectivity index (χ2v) is 9.52. The third kappa shape index (κ3) is 7.15. The van der Waals surface area contributed by atoms with Crippen LogP contribution in [0.15, 0.2) is 77.7 Å². The molecule has 0 aromatic heterocycles. The van der Waals surface area contributed by atoms with Gasteiger partial charge in [0.1, 0.15) is 4.90 Å². The molecule has 172 valence electrons. The van der Waals surface area contributed by atoms with Crippen LogP contribution >= 0.6 is 11.6 Å². The maximum Gasteiger partial charge on any atom is 0.255 e. The van der Waals surface area contributed by atoms with E-state index in [1.165, 1.54) is 12.1 Å². The van der Waals surface area contributed by atoms with Crippen molar-refractivity contribution in [2.75, 3.05) is 11.9 Å². The standard InChI is InChI=1S/C24H24ClN3O4S/c1-17-9-11-19(12-10-17)24(30)28-20-6-4-5-18(15-20)16-26-23(29)13-14-27-33(31,32)22-8-3-2-7-21(22)25/h2-12,15,27H,13-14,16H2,1H3,(H,26,29)(H,28,30). The van der Waals surface area contributed by atoms with Crippen molar-refractivity contribution in [3.05, 3.63) is 94.5 Å². The van der Waals surface area contributed by atoms with Crippen LogP contribution in [0.2, 0.25) is 5.02 Å². The lowest BCUT2D eigenvalue weighted by Crippen LogP contribution is -2.30. The lowest BCUT2D eigenvalue weighted by molar-refractivity contribution is -0.121. The number of rotatable bonds is 9. The molecular weight excluding hydrogens is 462 g/mol. The molecule has 0 radical (unpaired) electrons. The van der Waals surface area contributed by atoms with Crippen LogP contribution in [-0.4, -0.2) is 26.8 Å². The molecule has 0 spiro atoms. The minimum Gasteiger partial charge on any atom is -0.352 e. The number of sulfonamides is 1. The monoisotopic (exact) mass is 485 g/mol. The Hall–Kier alpha value is -3.20. The molecule has 0 unspecified atom stereocenters. The zero-order chi connectivity index (χ0) is 23.8. The Morgan fingerprint density at radius 3 is 2.39 bits per heavy atom. The largest absolute Gasteiger partial charge is 0.352 e. The average Bonchev–Trinajstić information content (AvgIpc) is 2.78. The van der Waals surface area contributed by atoms with Gasteiger partial charge in [-0.25, -0.2) is 13.1 Å². The van der Waals surface area contributed by atoms with E-state index in [4.69, 9.17) is 11.6 Å². The fourth-order valence-corrected chi connectivity index (χ4v) is 4.54. The predicted octanol–water partition coefficient (Wildman–Crippen LogP) is 3.89. The van der Waals surface area contributed by atoms with E-state index in [0.29, 0.717) is 11.3 Å². The van der Waals surface area contributed by atoms with Crippen molar-refractivity contribution < 1.29 is 18.0 Å². The van der Waals surface area contributed by atoms with Crippen LogP contribution in [0.1, 0.15) is 27.9 Å². The average molecular weight is 486 g/mol. The van der Waals surface area contributed by atoms with Crippen LogP contribution < -0.4 is 15.4 Å². The van der Waals surface area contributed by atoms with E-state index in [2.05, 4.69) is 15.4 Å². The summed E-state index contributed by atoms with van der Waals surface area (Å²) in [6.07, 6.45) is -0.0342. The van der Waals surface area contributed by atoms with Crippen LogP contribution in [0.5, 0.6) is 0 Å². The minimum atomic E-state index is -3.80. The van der Waals surface area contributed by atoms with Crippen molar-refractivity contribution in [3.8, 4) is 0 Å². The van der Waals surface area contributed by atoms with Crippen molar-refractivity contribution >= 4 is 39.1 Å². The van der Waals surface area contributed by atoms with Gasteiger partial charge in [0.2, 0.25) is 15.9 Å². The summed E-state index contributed by atoms with van der Waals surface area (Å²) in [6.45, 7) is 2.13. The van der Waals surface area contributed by atoms with Crippen molar-refractivity contribution in [2.45, 2.75) is 24.8 Å². The van der Waals surface area contributed by atoms with E-state index in [0.717, 1.165) is 11.1 Å². The summed E-state index contributed by atoms with van der Waals surface area (Å²) in [7, 11) is -3.80. The number of halogens is 1. The Morgan fingerprint density at radius 1 is 0.939 bits per heavy atom. The van der Waals surface area contributed by atoms with Gasteiger partial charge < -0.3 is 10.6 Å². The SMILES string of the molecule is Cc1ccc(C(=O)Nc2cccc(CNC(=O)CCNS(=O)(=O)c3ccccc3Cl)c2)cc1. The number of carbonyl (C=O) groups excluding carboxylic acids is 2. The van der Waals surface area contributed by atoms with Gasteiger partial charge in [-0.05, 0) is 48.9 Å². The highest BCUT2D eigenvalue weighted by atomic mass is 35.5.